The van der Waals surface area contributed by atoms with E-state index in [0.717, 1.165) is 49.2 Å². The van der Waals surface area contributed by atoms with Gasteiger partial charge >= 0.3 is 0 Å². The zero-order valence-electron chi connectivity index (χ0n) is 21.7. The molecule has 1 N–H and O–H groups in total. The molecule has 3 fully saturated rings. The van der Waals surface area contributed by atoms with Gasteiger partial charge in [0.25, 0.3) is 5.91 Å². The van der Waals surface area contributed by atoms with Crippen molar-refractivity contribution in [2.75, 3.05) is 26.2 Å². The van der Waals surface area contributed by atoms with Crippen LogP contribution in [-0.2, 0) is 39.3 Å². The molecule has 1 atom stereocenters. The summed E-state index contributed by atoms with van der Waals surface area (Å²) >= 11 is 0. The Morgan fingerprint density at radius 1 is 0.897 bits per heavy atom. The molecule has 0 aromatic heterocycles. The molecule has 39 heavy (non-hydrogen) atoms. The predicted molar refractivity (Wildman–Crippen MR) is 142 cm³/mol. The Balaban J connectivity index is 1.03. The second kappa shape index (κ2) is 10.4. The van der Waals surface area contributed by atoms with Crippen molar-refractivity contribution < 1.29 is 27.5 Å². The van der Waals surface area contributed by atoms with Crippen molar-refractivity contribution in [2.45, 2.75) is 56.7 Å². The summed E-state index contributed by atoms with van der Waals surface area (Å²) in [5.41, 5.74) is 3.43. The Labute approximate surface area is 227 Å². The van der Waals surface area contributed by atoms with E-state index in [-0.39, 0.29) is 30.0 Å². The first-order chi connectivity index (χ1) is 18.8. The number of hydrogen-bond acceptors (Lipinski definition) is 7. The summed E-state index contributed by atoms with van der Waals surface area (Å²) < 4.78 is 32.7. The van der Waals surface area contributed by atoms with Crippen LogP contribution in [-0.4, -0.2) is 77.7 Å². The number of sulfonamides is 1. The first-order valence-electron chi connectivity index (χ1n) is 13.5. The summed E-state index contributed by atoms with van der Waals surface area (Å²) in [5.74, 6) is -0.350. The number of benzene rings is 2. The molecule has 10 nitrogen and oxygen atoms in total. The van der Waals surface area contributed by atoms with Gasteiger partial charge in [-0.25, -0.2) is 8.42 Å². The Morgan fingerprint density at radius 2 is 1.62 bits per heavy atom. The highest BCUT2D eigenvalue weighted by Crippen LogP contribution is 2.34. The fourth-order valence-corrected chi connectivity index (χ4v) is 7.40. The molecule has 4 aliphatic rings. The van der Waals surface area contributed by atoms with E-state index in [4.69, 9.17) is 4.74 Å². The Morgan fingerprint density at radius 3 is 2.31 bits per heavy atom. The van der Waals surface area contributed by atoms with Gasteiger partial charge in [0, 0.05) is 50.3 Å². The average molecular weight is 553 g/mol. The molecule has 1 saturated carbocycles. The van der Waals surface area contributed by atoms with Crippen molar-refractivity contribution >= 4 is 27.7 Å². The molecule has 0 spiro atoms. The van der Waals surface area contributed by atoms with Crippen molar-refractivity contribution in [1.29, 1.82) is 0 Å². The van der Waals surface area contributed by atoms with Gasteiger partial charge in [0.2, 0.25) is 21.8 Å². The summed E-state index contributed by atoms with van der Waals surface area (Å²) in [6, 6.07) is 12.9. The van der Waals surface area contributed by atoms with Gasteiger partial charge in [0.15, 0.2) is 0 Å². The van der Waals surface area contributed by atoms with E-state index in [2.05, 4.69) is 22.3 Å². The Kier molecular flexibility index (Phi) is 6.90. The maximum Gasteiger partial charge on any atom is 0.255 e. The van der Waals surface area contributed by atoms with Crippen LogP contribution in [0.5, 0.6) is 5.75 Å². The third-order valence-electron chi connectivity index (χ3n) is 8.00. The zero-order valence-corrected chi connectivity index (χ0v) is 22.5. The summed E-state index contributed by atoms with van der Waals surface area (Å²) in [6.45, 7) is 3.93. The number of amides is 3. The van der Waals surface area contributed by atoms with E-state index in [1.165, 1.54) is 4.90 Å². The van der Waals surface area contributed by atoms with Crippen LogP contribution in [0, 0.1) is 0 Å². The molecule has 3 amide bonds. The number of carbonyl (C=O) groups is 3. The molecule has 2 aromatic carbocycles. The average Bonchev–Trinajstić information content (AvgIpc) is 3.74. The number of piperazine rings is 1. The van der Waals surface area contributed by atoms with Crippen molar-refractivity contribution in [3.05, 3.63) is 64.7 Å². The lowest BCUT2D eigenvalue weighted by Gasteiger charge is -2.34. The molecular weight excluding hydrogens is 520 g/mol. The van der Waals surface area contributed by atoms with Crippen LogP contribution >= 0.6 is 0 Å². The number of nitrogens with one attached hydrogen (secondary N) is 1. The van der Waals surface area contributed by atoms with Gasteiger partial charge in [-0.05, 0) is 42.5 Å². The van der Waals surface area contributed by atoms with E-state index < -0.39 is 22.0 Å². The number of nitrogens with zero attached hydrogens (tertiary/aromatic N) is 3. The molecule has 0 bridgehead atoms. The van der Waals surface area contributed by atoms with Gasteiger partial charge < -0.3 is 9.64 Å². The van der Waals surface area contributed by atoms with Crippen molar-refractivity contribution in [2.24, 2.45) is 0 Å². The van der Waals surface area contributed by atoms with Gasteiger partial charge in [-0.2, -0.15) is 4.31 Å². The molecular formula is C28H32N4O6S. The molecule has 3 heterocycles. The number of piperidine rings is 1. The van der Waals surface area contributed by atoms with Gasteiger partial charge in [-0.1, -0.05) is 30.3 Å². The van der Waals surface area contributed by atoms with E-state index in [1.807, 2.05) is 18.2 Å². The summed E-state index contributed by atoms with van der Waals surface area (Å²) in [7, 11) is -3.10. The van der Waals surface area contributed by atoms with E-state index in [1.54, 1.807) is 16.4 Å². The monoisotopic (exact) mass is 552 g/mol. The first-order valence-corrected chi connectivity index (χ1v) is 15.0. The second-order valence-electron chi connectivity index (χ2n) is 10.7. The maximum absolute atomic E-state index is 13.0. The van der Waals surface area contributed by atoms with Crippen LogP contribution in [0.15, 0.2) is 42.5 Å². The van der Waals surface area contributed by atoms with E-state index >= 15 is 0 Å². The van der Waals surface area contributed by atoms with E-state index in [9.17, 15) is 22.8 Å². The molecule has 1 unspecified atom stereocenters. The molecule has 0 radical (unpaired) electrons. The maximum atomic E-state index is 13.0. The fraction of sp³-hybridized carbons (Fsp3) is 0.464. The molecule has 2 saturated heterocycles. The minimum absolute atomic E-state index is 0.152. The zero-order chi connectivity index (χ0) is 27.1. The summed E-state index contributed by atoms with van der Waals surface area (Å²) in [6.07, 6.45) is 2.13. The van der Waals surface area contributed by atoms with Crippen molar-refractivity contribution in [3.8, 4) is 5.75 Å². The molecule has 6 rings (SSSR count). The number of ether oxygens (including phenoxy) is 1. The van der Waals surface area contributed by atoms with Crippen LogP contribution < -0.4 is 10.1 Å². The molecule has 206 valence electrons. The van der Waals surface area contributed by atoms with Gasteiger partial charge in [-0.15, -0.1) is 0 Å². The second-order valence-corrected chi connectivity index (χ2v) is 12.9. The SMILES string of the molecule is O=C1CCC(N2Cc3c(OCc4ccc(CN5CCN(S(=O)(=O)C6CC6)CC5)cc4)cccc3C2=O)C(=O)N1. The van der Waals surface area contributed by atoms with Crippen LogP contribution in [0.4, 0.5) is 0 Å². The number of rotatable bonds is 8. The Hall–Kier alpha value is -3.28. The highest BCUT2D eigenvalue weighted by Gasteiger charge is 2.41. The number of carbonyl (C=O) groups excluding carboxylic acids is 3. The van der Waals surface area contributed by atoms with Crippen LogP contribution in [0.2, 0.25) is 0 Å². The highest BCUT2D eigenvalue weighted by molar-refractivity contribution is 7.90. The lowest BCUT2D eigenvalue weighted by molar-refractivity contribution is -0.136. The largest absolute Gasteiger partial charge is 0.489 e. The number of imide groups is 1. The van der Waals surface area contributed by atoms with Crippen LogP contribution in [0.25, 0.3) is 0 Å². The van der Waals surface area contributed by atoms with Crippen molar-refractivity contribution in [3.63, 3.8) is 0 Å². The predicted octanol–water partition coefficient (Wildman–Crippen LogP) is 1.64. The summed E-state index contributed by atoms with van der Waals surface area (Å²) in [4.78, 5) is 40.7. The third-order valence-corrected chi connectivity index (χ3v) is 10.4. The smallest absolute Gasteiger partial charge is 0.255 e. The lowest BCUT2D eigenvalue weighted by atomic mass is 10.0. The summed E-state index contributed by atoms with van der Waals surface area (Å²) in [5, 5.41) is 2.17. The van der Waals surface area contributed by atoms with Crippen molar-refractivity contribution in [1.82, 2.24) is 19.4 Å². The quantitative estimate of drug-likeness (QED) is 0.495. The van der Waals surface area contributed by atoms with Crippen LogP contribution in [0.1, 0.15) is 52.7 Å². The van der Waals surface area contributed by atoms with E-state index in [0.29, 0.717) is 37.4 Å². The Bertz CT molecular complexity index is 1400. The standard InChI is InChI=1S/C28H32N4O6S/c33-26-11-10-24(27(34)29-26)32-17-23-22(28(32)35)2-1-3-25(23)38-18-20-6-4-19(5-7-20)16-30-12-14-31(15-13-30)39(36,37)21-8-9-21/h1-7,21,24H,8-18H2,(H,29,33,34). The highest BCUT2D eigenvalue weighted by atomic mass is 32.2. The topological polar surface area (TPSA) is 116 Å². The minimum Gasteiger partial charge on any atom is -0.489 e. The third kappa shape index (κ3) is 5.30. The lowest BCUT2D eigenvalue weighted by Crippen LogP contribution is -2.52. The molecule has 1 aliphatic carbocycles. The minimum atomic E-state index is -3.10. The number of fused-ring (bicyclic) bond motifs is 1. The molecule has 2 aromatic rings. The number of hydrogen-bond donors (Lipinski definition) is 1. The fourth-order valence-electron chi connectivity index (χ4n) is 5.57. The van der Waals surface area contributed by atoms with Crippen LogP contribution in [0.3, 0.4) is 0 Å². The first kappa shape index (κ1) is 26.0. The van der Waals surface area contributed by atoms with Gasteiger partial charge in [0.1, 0.15) is 18.4 Å². The van der Waals surface area contributed by atoms with Gasteiger partial charge in [-0.3, -0.25) is 24.6 Å². The van der Waals surface area contributed by atoms with Gasteiger partial charge in [0.05, 0.1) is 11.8 Å². The molecule has 3 aliphatic heterocycles. The normalized spacial score (nSPS) is 22.6. The molecule has 11 heteroatoms.